The zero-order chi connectivity index (χ0) is 54.2. The number of rotatable bonds is 11. The summed E-state index contributed by atoms with van der Waals surface area (Å²) in [6, 6.07) is 7.34. The Balaban J connectivity index is 0.864. The van der Waals surface area contributed by atoms with E-state index in [4.69, 9.17) is 24.2 Å². The Kier molecular flexibility index (Phi) is 14.8. The molecule has 1 saturated carbocycles. The van der Waals surface area contributed by atoms with Crippen molar-refractivity contribution in [2.24, 2.45) is 22.7 Å². The number of benzene rings is 1. The number of carbonyl (C=O) groups excluding carboxylic acids is 4. The minimum Gasteiger partial charge on any atom is -0.464 e. The summed E-state index contributed by atoms with van der Waals surface area (Å²) in [7, 11) is 1.73. The third-order valence-electron chi connectivity index (χ3n) is 18.6. The first-order valence-corrected chi connectivity index (χ1v) is 30.0. The highest BCUT2D eigenvalue weighted by Gasteiger charge is 2.55. The second-order valence-electron chi connectivity index (χ2n) is 25.1. The summed E-state index contributed by atoms with van der Waals surface area (Å²) in [5.41, 5.74) is 10.6. The number of hydrogen-bond donors (Lipinski definition) is 3. The number of likely N-dealkylation sites (tertiary alicyclic amines) is 2. The van der Waals surface area contributed by atoms with Crippen LogP contribution in [-0.4, -0.2) is 180 Å². The normalized spacial score (nSPS) is 28.7. The molecule has 0 radical (unpaired) electrons. The molecule has 3 amide bonds. The first-order chi connectivity index (χ1) is 37.6. The highest BCUT2D eigenvalue weighted by atomic mass is 32.1. The van der Waals surface area contributed by atoms with Crippen molar-refractivity contribution in [2.45, 2.75) is 142 Å². The second kappa shape index (κ2) is 21.5. The van der Waals surface area contributed by atoms with E-state index in [0.29, 0.717) is 56.9 Å². The third-order valence-corrected chi connectivity index (χ3v) is 19.4. The standard InChI is InChI=1S/C59H81N11O7S/c1-8-69-47-14-13-38-24-41(47)43(53(69)42-25-39(28-60-49(42)36(4)75-7)66-21-20-65-22-23-76-30-40(65)29-66)27-58(5,6)34-77-57(74)44-10-9-17-70(64-44)55(72)45(26-48-61-46(38)31-78-48)62-54(71)52(35(2)3)67-18-15-59(32-67)16-19-68(33-59)56(73)51-50(63-51)37-11-12-37/h13-14,24-25,28,31,35-37,40,44-45,50-52,63-64H,8-12,15-23,26-27,29-30,32-34H2,1-7H3,(H,62,71)/t36-,40-,44-,45-,50+,51+,52-,59-/m0/s1. The maximum atomic E-state index is 14.9. The van der Waals surface area contributed by atoms with Gasteiger partial charge in [-0.1, -0.05) is 33.8 Å². The average molecular weight is 1090 g/mol. The molecule has 1 aliphatic carbocycles. The summed E-state index contributed by atoms with van der Waals surface area (Å²) < 4.78 is 20.7. The van der Waals surface area contributed by atoms with E-state index < -0.39 is 29.5 Å². The number of hydrogen-bond acceptors (Lipinski definition) is 15. The van der Waals surface area contributed by atoms with Gasteiger partial charge in [0.1, 0.15) is 18.1 Å². The molecule has 3 aromatic heterocycles. The van der Waals surface area contributed by atoms with Crippen LogP contribution in [0.4, 0.5) is 5.69 Å². The van der Waals surface area contributed by atoms with E-state index in [2.05, 4.69) is 111 Å². The lowest BCUT2D eigenvalue weighted by molar-refractivity contribution is -0.155. The predicted molar refractivity (Wildman–Crippen MR) is 300 cm³/mol. The van der Waals surface area contributed by atoms with Gasteiger partial charge in [0.15, 0.2) is 0 Å². The van der Waals surface area contributed by atoms with Gasteiger partial charge in [0.05, 0.1) is 72.0 Å². The number of anilines is 1. The van der Waals surface area contributed by atoms with Crippen molar-refractivity contribution in [3.8, 4) is 22.5 Å². The Bertz CT molecular complexity index is 2940. The van der Waals surface area contributed by atoms with Gasteiger partial charge in [0.2, 0.25) is 11.8 Å². The van der Waals surface area contributed by atoms with Crippen LogP contribution in [0.1, 0.15) is 102 Å². The van der Waals surface area contributed by atoms with Crippen LogP contribution in [0, 0.1) is 22.7 Å². The molecule has 1 aromatic carbocycles. The van der Waals surface area contributed by atoms with Crippen LogP contribution < -0.4 is 21.0 Å². The molecule has 12 rings (SSSR count). The molecule has 7 aliphatic heterocycles. The molecule has 19 heteroatoms. The summed E-state index contributed by atoms with van der Waals surface area (Å²) in [5.74, 6) is -0.0767. The van der Waals surface area contributed by atoms with Crippen molar-refractivity contribution in [1.82, 2.24) is 50.3 Å². The largest absolute Gasteiger partial charge is 0.464 e. The van der Waals surface area contributed by atoms with Crippen LogP contribution in [0.2, 0.25) is 0 Å². The van der Waals surface area contributed by atoms with E-state index in [9.17, 15) is 19.2 Å². The third kappa shape index (κ3) is 10.5. The number of pyridine rings is 1. The minimum atomic E-state index is -0.956. The molecule has 7 fully saturated rings. The second-order valence-corrected chi connectivity index (χ2v) is 26.0. The molecule has 0 unspecified atom stereocenters. The van der Waals surface area contributed by atoms with Crippen LogP contribution in [-0.2, 0) is 52.8 Å². The van der Waals surface area contributed by atoms with Gasteiger partial charge in [-0.2, -0.15) is 0 Å². The smallest absolute Gasteiger partial charge is 0.324 e. The van der Waals surface area contributed by atoms with Crippen molar-refractivity contribution >= 4 is 51.6 Å². The number of amides is 3. The number of piperazine rings is 1. The molecular formula is C59H81N11O7S. The fraction of sp³-hybridized carbons (Fsp3) is 0.661. The number of thiazole rings is 1. The van der Waals surface area contributed by atoms with Gasteiger partial charge in [0.25, 0.3) is 5.91 Å². The Morgan fingerprint density at radius 1 is 1.01 bits per heavy atom. The number of methoxy groups -OCH3 is 1. The van der Waals surface area contributed by atoms with E-state index in [1.165, 1.54) is 29.2 Å². The molecule has 78 heavy (non-hydrogen) atoms. The summed E-state index contributed by atoms with van der Waals surface area (Å²) in [6.07, 6.45) is 7.84. The monoisotopic (exact) mass is 1090 g/mol. The van der Waals surface area contributed by atoms with E-state index in [-0.39, 0.29) is 54.2 Å². The lowest BCUT2D eigenvalue weighted by Crippen LogP contribution is -2.62. The maximum absolute atomic E-state index is 14.9. The van der Waals surface area contributed by atoms with Crippen LogP contribution in [0.5, 0.6) is 0 Å². The Labute approximate surface area is 463 Å². The maximum Gasteiger partial charge on any atom is 0.324 e. The molecule has 3 N–H and O–H groups in total. The first-order valence-electron chi connectivity index (χ1n) is 29.1. The van der Waals surface area contributed by atoms with Gasteiger partial charge in [-0.25, -0.2) is 10.4 Å². The fourth-order valence-electron chi connectivity index (χ4n) is 14.0. The molecule has 8 aliphatic rings. The topological polar surface area (TPSA) is 189 Å². The number of esters is 1. The number of fused-ring (bicyclic) bond motifs is 7. The number of ether oxygens (including phenoxy) is 3. The minimum absolute atomic E-state index is 0.0366. The number of aromatic nitrogens is 3. The molecular weight excluding hydrogens is 1010 g/mol. The summed E-state index contributed by atoms with van der Waals surface area (Å²) >= 11 is 1.49. The molecule has 1 spiro atoms. The molecule has 6 bridgehead atoms. The van der Waals surface area contributed by atoms with Crippen molar-refractivity contribution in [2.75, 3.05) is 90.7 Å². The van der Waals surface area contributed by atoms with Gasteiger partial charge in [-0.05, 0) is 101 Å². The van der Waals surface area contributed by atoms with Gasteiger partial charge >= 0.3 is 5.97 Å². The summed E-state index contributed by atoms with van der Waals surface area (Å²) in [6.45, 7) is 22.0. The number of nitrogens with zero attached hydrogens (tertiary/aromatic N) is 8. The number of aryl methyl sites for hydroxylation is 1. The summed E-state index contributed by atoms with van der Waals surface area (Å²) in [4.78, 5) is 77.4. The molecule has 10 heterocycles. The number of cyclic esters (lactones) is 1. The van der Waals surface area contributed by atoms with Crippen LogP contribution in [0.25, 0.3) is 33.4 Å². The number of carbonyl (C=O) groups is 4. The zero-order valence-electron chi connectivity index (χ0n) is 46.9. The molecule has 420 valence electrons. The molecule has 8 atom stereocenters. The lowest BCUT2D eigenvalue weighted by atomic mass is 9.84. The Morgan fingerprint density at radius 2 is 1.85 bits per heavy atom. The average Bonchev–Trinajstić information content (AvgIpc) is 4.48. The van der Waals surface area contributed by atoms with Gasteiger partial charge in [-0.15, -0.1) is 11.3 Å². The van der Waals surface area contributed by atoms with E-state index >= 15 is 0 Å². The van der Waals surface area contributed by atoms with Crippen molar-refractivity contribution in [3.63, 3.8) is 0 Å². The van der Waals surface area contributed by atoms with Gasteiger partial charge < -0.3 is 33.9 Å². The summed E-state index contributed by atoms with van der Waals surface area (Å²) in [5, 5.41) is 12.1. The molecule has 6 saturated heterocycles. The fourth-order valence-corrected chi connectivity index (χ4v) is 14.9. The lowest BCUT2D eigenvalue weighted by Gasteiger charge is -2.44. The number of morpholine rings is 1. The molecule has 4 aromatic rings. The SMILES string of the molecule is CCn1c(-c2cc(N3CCN4CCOC[C@@H]4C3)cnc2[C@H](C)OC)c2c3cc(ccc31)-c1csc(n1)C[C@H](NC(=O)[C@H](C(C)C)N1CC[C@]3(CCN(C(=O)[C@@H]4N[C@@H]4C4CC4)C3)C1)C(=O)N1CCC[C@H](N1)C(=O)OCC(C)(C)C2. The number of nitrogens with one attached hydrogen (secondary N) is 3. The Morgan fingerprint density at radius 3 is 2.64 bits per heavy atom. The van der Waals surface area contributed by atoms with Crippen LogP contribution in [0.3, 0.4) is 0 Å². The number of hydrazine groups is 1. The van der Waals surface area contributed by atoms with Gasteiger partial charge in [0, 0.05) is 117 Å². The first kappa shape index (κ1) is 53.6. The van der Waals surface area contributed by atoms with Crippen molar-refractivity contribution in [3.05, 3.63) is 52.1 Å². The Hall–Kier alpha value is -5.02. The molecule has 18 nitrogen and oxygen atoms in total. The van der Waals surface area contributed by atoms with Crippen molar-refractivity contribution in [1.29, 1.82) is 0 Å². The highest BCUT2D eigenvalue weighted by Crippen LogP contribution is 2.46. The van der Waals surface area contributed by atoms with Crippen LogP contribution >= 0.6 is 11.3 Å². The quantitative estimate of drug-likeness (QED) is 0.128. The zero-order valence-corrected chi connectivity index (χ0v) is 47.7. The van der Waals surface area contributed by atoms with Crippen LogP contribution in [0.15, 0.2) is 35.8 Å². The highest BCUT2D eigenvalue weighted by molar-refractivity contribution is 7.10. The predicted octanol–water partition coefficient (Wildman–Crippen LogP) is 5.42. The van der Waals surface area contributed by atoms with E-state index in [1.807, 2.05) is 6.20 Å². The van der Waals surface area contributed by atoms with E-state index in [0.717, 1.165) is 127 Å². The van der Waals surface area contributed by atoms with Gasteiger partial charge in [-0.3, -0.25) is 44.3 Å². The van der Waals surface area contributed by atoms with E-state index in [1.54, 1.807) is 7.11 Å². The van der Waals surface area contributed by atoms with Crippen molar-refractivity contribution < 1.29 is 33.4 Å².